The lowest BCUT2D eigenvalue weighted by Crippen LogP contribution is -2.09. The summed E-state index contributed by atoms with van der Waals surface area (Å²) >= 11 is 0. The zero-order valence-corrected chi connectivity index (χ0v) is 11.0. The molecular formula is C12H13N5O3. The fraction of sp³-hybridized carbons (Fsp3) is 0.167. The predicted octanol–water partition coefficient (Wildman–Crippen LogP) is 0.869. The fourth-order valence-electron chi connectivity index (χ4n) is 1.50. The molecule has 1 heterocycles. The van der Waals surface area contributed by atoms with Gasteiger partial charge in [0.2, 0.25) is 0 Å². The van der Waals surface area contributed by atoms with E-state index in [0.29, 0.717) is 11.5 Å². The number of amides is 1. The van der Waals surface area contributed by atoms with E-state index >= 15 is 0 Å². The number of hydrogen-bond donors (Lipinski definition) is 2. The first-order valence-corrected chi connectivity index (χ1v) is 5.67. The van der Waals surface area contributed by atoms with E-state index in [0.717, 1.165) is 5.56 Å². The van der Waals surface area contributed by atoms with Crippen molar-refractivity contribution in [1.29, 1.82) is 0 Å². The number of ether oxygens (including phenoxy) is 2. The smallest absolute Gasteiger partial charge is 0.270 e. The number of nitrogens with zero attached hydrogens (tertiary/aromatic N) is 3. The van der Waals surface area contributed by atoms with Crippen LogP contribution in [0.3, 0.4) is 0 Å². The standard InChI is InChI=1S/C12H13N5O3/c1-19-9-4-5-10(20-2)8(7-9)3-6-11(18)13-12-14-16-17-15-12/h3-7H,1-2H3,(H2,13,14,15,16,17,18)/b6-3+. The Morgan fingerprint density at radius 2 is 2.20 bits per heavy atom. The van der Waals surface area contributed by atoms with Crippen molar-refractivity contribution in [1.82, 2.24) is 20.6 Å². The highest BCUT2D eigenvalue weighted by Gasteiger charge is 2.04. The van der Waals surface area contributed by atoms with Crippen LogP contribution < -0.4 is 14.8 Å². The topological polar surface area (TPSA) is 102 Å². The van der Waals surface area contributed by atoms with Crippen molar-refractivity contribution < 1.29 is 14.3 Å². The molecule has 0 atom stereocenters. The Bertz CT molecular complexity index is 610. The summed E-state index contributed by atoms with van der Waals surface area (Å²) in [4.78, 5) is 11.6. The molecule has 1 aromatic carbocycles. The third-order valence-corrected chi connectivity index (χ3v) is 2.43. The SMILES string of the molecule is COc1ccc(OC)c(/C=C/C(=O)Nc2nn[nH]n2)c1. The molecule has 0 spiro atoms. The fourth-order valence-corrected chi connectivity index (χ4v) is 1.50. The molecule has 0 unspecified atom stereocenters. The van der Waals surface area contributed by atoms with E-state index in [9.17, 15) is 4.79 Å². The van der Waals surface area contributed by atoms with Gasteiger partial charge in [-0.2, -0.15) is 5.21 Å². The van der Waals surface area contributed by atoms with E-state index in [-0.39, 0.29) is 11.9 Å². The Labute approximate surface area is 114 Å². The maximum atomic E-state index is 11.6. The zero-order valence-electron chi connectivity index (χ0n) is 11.0. The van der Waals surface area contributed by atoms with Gasteiger partial charge in [-0.15, -0.1) is 5.10 Å². The molecule has 1 amide bonds. The molecular weight excluding hydrogens is 262 g/mol. The molecule has 1 aromatic heterocycles. The van der Waals surface area contributed by atoms with Gasteiger partial charge >= 0.3 is 0 Å². The molecule has 2 N–H and O–H groups in total. The average molecular weight is 275 g/mol. The summed E-state index contributed by atoms with van der Waals surface area (Å²) in [6, 6.07) is 5.29. The number of methoxy groups -OCH3 is 2. The van der Waals surface area contributed by atoms with E-state index in [2.05, 4.69) is 25.9 Å². The number of nitrogens with one attached hydrogen (secondary N) is 2. The second-order valence-electron chi connectivity index (χ2n) is 3.67. The van der Waals surface area contributed by atoms with Crippen LogP contribution in [-0.2, 0) is 4.79 Å². The van der Waals surface area contributed by atoms with Gasteiger partial charge in [0.05, 0.1) is 14.2 Å². The Kier molecular flexibility index (Phi) is 4.28. The van der Waals surface area contributed by atoms with Crippen molar-refractivity contribution in [2.45, 2.75) is 0 Å². The number of carbonyl (C=O) groups is 1. The summed E-state index contributed by atoms with van der Waals surface area (Å²) < 4.78 is 10.3. The van der Waals surface area contributed by atoms with Crippen molar-refractivity contribution in [2.24, 2.45) is 0 Å². The third kappa shape index (κ3) is 3.31. The first-order valence-electron chi connectivity index (χ1n) is 5.67. The van der Waals surface area contributed by atoms with Gasteiger partial charge in [0.25, 0.3) is 11.9 Å². The Morgan fingerprint density at radius 1 is 1.35 bits per heavy atom. The van der Waals surface area contributed by atoms with Crippen LogP contribution in [0, 0.1) is 0 Å². The maximum absolute atomic E-state index is 11.6. The lowest BCUT2D eigenvalue weighted by molar-refractivity contribution is -0.111. The van der Waals surface area contributed by atoms with Crippen molar-refractivity contribution in [3.63, 3.8) is 0 Å². The van der Waals surface area contributed by atoms with E-state index in [1.165, 1.54) is 6.08 Å². The lowest BCUT2D eigenvalue weighted by Gasteiger charge is -2.06. The largest absolute Gasteiger partial charge is 0.497 e. The third-order valence-electron chi connectivity index (χ3n) is 2.43. The summed E-state index contributed by atoms with van der Waals surface area (Å²) in [6.07, 6.45) is 2.95. The number of tetrazole rings is 1. The molecule has 0 aliphatic heterocycles. The van der Waals surface area contributed by atoms with Crippen molar-refractivity contribution in [2.75, 3.05) is 19.5 Å². The molecule has 20 heavy (non-hydrogen) atoms. The zero-order chi connectivity index (χ0) is 14.4. The van der Waals surface area contributed by atoms with Gasteiger partial charge in [0.1, 0.15) is 11.5 Å². The first-order chi connectivity index (χ1) is 9.72. The van der Waals surface area contributed by atoms with Gasteiger partial charge in [0.15, 0.2) is 0 Å². The van der Waals surface area contributed by atoms with E-state index in [1.807, 2.05) is 0 Å². The second kappa shape index (κ2) is 6.32. The summed E-state index contributed by atoms with van der Waals surface area (Å²) in [5.74, 6) is 1.03. The first kappa shape index (κ1) is 13.5. The molecule has 0 saturated carbocycles. The van der Waals surface area contributed by atoms with Gasteiger partial charge in [-0.1, -0.05) is 5.10 Å². The normalized spacial score (nSPS) is 10.5. The van der Waals surface area contributed by atoms with Crippen LogP contribution in [0.2, 0.25) is 0 Å². The van der Waals surface area contributed by atoms with Crippen LogP contribution in [0.25, 0.3) is 6.08 Å². The molecule has 0 bridgehead atoms. The second-order valence-corrected chi connectivity index (χ2v) is 3.67. The number of anilines is 1. The van der Waals surface area contributed by atoms with E-state index in [4.69, 9.17) is 9.47 Å². The molecule has 0 saturated heterocycles. The predicted molar refractivity (Wildman–Crippen MR) is 71.4 cm³/mol. The lowest BCUT2D eigenvalue weighted by atomic mass is 10.1. The quantitative estimate of drug-likeness (QED) is 0.785. The summed E-state index contributed by atoms with van der Waals surface area (Å²) in [5.41, 5.74) is 0.718. The summed E-state index contributed by atoms with van der Waals surface area (Å²) in [5, 5.41) is 15.2. The Morgan fingerprint density at radius 3 is 2.85 bits per heavy atom. The van der Waals surface area contributed by atoms with Crippen LogP contribution in [0.4, 0.5) is 5.95 Å². The molecule has 8 nitrogen and oxygen atoms in total. The van der Waals surface area contributed by atoms with Gasteiger partial charge < -0.3 is 9.47 Å². The van der Waals surface area contributed by atoms with Crippen molar-refractivity contribution >= 4 is 17.9 Å². The summed E-state index contributed by atoms with van der Waals surface area (Å²) in [6.45, 7) is 0. The number of carbonyl (C=O) groups excluding carboxylic acids is 1. The Balaban J connectivity index is 2.11. The number of aromatic amines is 1. The number of aromatic nitrogens is 4. The highest BCUT2D eigenvalue weighted by atomic mass is 16.5. The summed E-state index contributed by atoms with van der Waals surface area (Å²) in [7, 11) is 3.12. The van der Waals surface area contributed by atoms with Crippen LogP contribution in [0.1, 0.15) is 5.56 Å². The van der Waals surface area contributed by atoms with Crippen molar-refractivity contribution in [3.8, 4) is 11.5 Å². The van der Waals surface area contributed by atoms with E-state index in [1.54, 1.807) is 38.5 Å². The maximum Gasteiger partial charge on any atom is 0.270 e. The highest BCUT2D eigenvalue weighted by Crippen LogP contribution is 2.24. The average Bonchev–Trinajstić information content (AvgIpc) is 2.97. The van der Waals surface area contributed by atoms with Gasteiger partial charge in [-0.3, -0.25) is 10.1 Å². The van der Waals surface area contributed by atoms with Crippen LogP contribution in [0.5, 0.6) is 11.5 Å². The molecule has 2 aromatic rings. The van der Waals surface area contributed by atoms with E-state index < -0.39 is 0 Å². The molecule has 8 heteroatoms. The van der Waals surface area contributed by atoms with Crippen molar-refractivity contribution in [3.05, 3.63) is 29.8 Å². The minimum atomic E-state index is -0.378. The molecule has 0 aliphatic rings. The molecule has 0 radical (unpaired) electrons. The van der Waals surface area contributed by atoms with Gasteiger partial charge in [-0.05, 0) is 29.5 Å². The molecule has 2 rings (SSSR count). The molecule has 0 aliphatic carbocycles. The van der Waals surface area contributed by atoms with Gasteiger partial charge in [0, 0.05) is 11.6 Å². The van der Waals surface area contributed by atoms with Gasteiger partial charge in [-0.25, -0.2) is 0 Å². The van der Waals surface area contributed by atoms with Crippen LogP contribution >= 0.6 is 0 Å². The molecule has 0 fully saturated rings. The monoisotopic (exact) mass is 275 g/mol. The number of rotatable bonds is 5. The molecule has 104 valence electrons. The number of benzene rings is 1. The number of hydrogen-bond acceptors (Lipinski definition) is 6. The number of H-pyrrole nitrogens is 1. The minimum absolute atomic E-state index is 0.109. The van der Waals surface area contributed by atoms with Crippen LogP contribution in [0.15, 0.2) is 24.3 Å². The van der Waals surface area contributed by atoms with Crippen LogP contribution in [-0.4, -0.2) is 40.8 Å². The minimum Gasteiger partial charge on any atom is -0.497 e. The Hall–Kier alpha value is -2.90. The highest BCUT2D eigenvalue weighted by molar-refractivity contribution is 6.01.